The summed E-state index contributed by atoms with van der Waals surface area (Å²) in [5.41, 5.74) is 2.64. The molecule has 0 fully saturated rings. The molecule has 0 heterocycles. The van der Waals surface area contributed by atoms with Crippen molar-refractivity contribution in [3.63, 3.8) is 0 Å². The largest absolute Gasteiger partial charge is 0.465 e. The molecule has 4 heteroatoms. The number of aryl methyl sites for hydroxylation is 1. The van der Waals surface area contributed by atoms with Gasteiger partial charge in [0.2, 0.25) is 0 Å². The highest BCUT2D eigenvalue weighted by Crippen LogP contribution is 2.18. The first-order chi connectivity index (χ1) is 8.58. The predicted octanol–water partition coefficient (Wildman–Crippen LogP) is 2.62. The molecule has 18 heavy (non-hydrogen) atoms. The molecule has 0 aliphatic rings. The maximum atomic E-state index is 11.4. The van der Waals surface area contributed by atoms with Crippen LogP contribution in [-0.4, -0.2) is 32.8 Å². The molecular weight excluding hydrogens is 230 g/mol. The Balaban J connectivity index is 2.70. The van der Waals surface area contributed by atoms with Crippen LogP contribution in [0, 0.1) is 6.92 Å². The Hall–Kier alpha value is -1.55. The maximum absolute atomic E-state index is 11.4. The molecule has 1 aromatic carbocycles. The standard InChI is InChI=1S/C14H21NO3/c1-10-9-12(14(16)18-4)5-6-13(10)15-11(2)7-8-17-3/h5-6,9,11,15H,7-8H2,1-4H3. The molecule has 1 unspecified atom stereocenters. The van der Waals surface area contributed by atoms with Gasteiger partial charge < -0.3 is 14.8 Å². The lowest BCUT2D eigenvalue weighted by molar-refractivity contribution is 0.0600. The van der Waals surface area contributed by atoms with Gasteiger partial charge in [0.1, 0.15) is 0 Å². The zero-order valence-electron chi connectivity index (χ0n) is 11.4. The number of hydrogen-bond donors (Lipinski definition) is 1. The van der Waals surface area contributed by atoms with Gasteiger partial charge in [-0.05, 0) is 44.0 Å². The molecular formula is C14H21NO3. The van der Waals surface area contributed by atoms with Gasteiger partial charge >= 0.3 is 5.97 Å². The second-order valence-corrected chi connectivity index (χ2v) is 4.35. The van der Waals surface area contributed by atoms with E-state index in [-0.39, 0.29) is 5.97 Å². The van der Waals surface area contributed by atoms with Crippen molar-refractivity contribution in [2.24, 2.45) is 0 Å². The molecule has 0 aliphatic heterocycles. The van der Waals surface area contributed by atoms with Gasteiger partial charge in [-0.25, -0.2) is 4.79 Å². The van der Waals surface area contributed by atoms with Crippen molar-refractivity contribution < 1.29 is 14.3 Å². The van der Waals surface area contributed by atoms with Gasteiger partial charge in [-0.1, -0.05) is 0 Å². The van der Waals surface area contributed by atoms with Crippen LogP contribution in [0.3, 0.4) is 0 Å². The molecule has 0 saturated carbocycles. The zero-order chi connectivity index (χ0) is 13.5. The summed E-state index contributed by atoms with van der Waals surface area (Å²) in [5.74, 6) is -0.308. The number of anilines is 1. The summed E-state index contributed by atoms with van der Waals surface area (Å²) in [7, 11) is 3.08. The van der Waals surface area contributed by atoms with E-state index in [0.717, 1.165) is 24.3 Å². The summed E-state index contributed by atoms with van der Waals surface area (Å²) in [5, 5.41) is 3.40. The number of rotatable bonds is 6. The van der Waals surface area contributed by atoms with Gasteiger partial charge in [0.25, 0.3) is 0 Å². The first-order valence-corrected chi connectivity index (χ1v) is 6.03. The number of carbonyl (C=O) groups excluding carboxylic acids is 1. The van der Waals surface area contributed by atoms with Gasteiger partial charge in [-0.15, -0.1) is 0 Å². The van der Waals surface area contributed by atoms with E-state index in [2.05, 4.69) is 17.0 Å². The van der Waals surface area contributed by atoms with E-state index in [4.69, 9.17) is 4.74 Å². The number of carbonyl (C=O) groups is 1. The maximum Gasteiger partial charge on any atom is 0.337 e. The van der Waals surface area contributed by atoms with Gasteiger partial charge in [0.05, 0.1) is 12.7 Å². The summed E-state index contributed by atoms with van der Waals surface area (Å²) in [6.07, 6.45) is 0.939. The molecule has 1 N–H and O–H groups in total. The molecule has 0 bridgehead atoms. The van der Waals surface area contributed by atoms with Crippen molar-refractivity contribution in [3.8, 4) is 0 Å². The van der Waals surface area contributed by atoms with E-state index in [1.165, 1.54) is 7.11 Å². The summed E-state index contributed by atoms with van der Waals surface area (Å²) in [4.78, 5) is 11.4. The molecule has 1 atom stereocenters. The van der Waals surface area contributed by atoms with Crippen LogP contribution in [0.4, 0.5) is 5.69 Å². The number of ether oxygens (including phenoxy) is 2. The molecule has 100 valence electrons. The van der Waals surface area contributed by atoms with Crippen molar-refractivity contribution in [3.05, 3.63) is 29.3 Å². The number of methoxy groups -OCH3 is 2. The lowest BCUT2D eigenvalue weighted by Gasteiger charge is -2.17. The van der Waals surface area contributed by atoms with Crippen LogP contribution < -0.4 is 5.32 Å². The highest BCUT2D eigenvalue weighted by molar-refractivity contribution is 5.90. The molecule has 0 spiro atoms. The number of esters is 1. The van der Waals surface area contributed by atoms with Crippen LogP contribution in [0.5, 0.6) is 0 Å². The first-order valence-electron chi connectivity index (χ1n) is 6.03. The average Bonchev–Trinajstić information content (AvgIpc) is 2.37. The van der Waals surface area contributed by atoms with E-state index in [1.54, 1.807) is 13.2 Å². The Kier molecular flexibility index (Phi) is 5.65. The van der Waals surface area contributed by atoms with Crippen LogP contribution in [0.1, 0.15) is 29.3 Å². The normalized spacial score (nSPS) is 12.0. The molecule has 0 aromatic heterocycles. The van der Waals surface area contributed by atoms with Gasteiger partial charge in [0.15, 0.2) is 0 Å². The smallest absolute Gasteiger partial charge is 0.337 e. The Bertz CT molecular complexity index is 404. The summed E-state index contributed by atoms with van der Waals surface area (Å²) in [6, 6.07) is 5.83. The van der Waals surface area contributed by atoms with Gasteiger partial charge in [-0.3, -0.25) is 0 Å². The Labute approximate surface area is 108 Å². The SMILES string of the molecule is COCCC(C)Nc1ccc(C(=O)OC)cc1C. The van der Waals surface area contributed by atoms with Crippen LogP contribution in [0.2, 0.25) is 0 Å². The molecule has 0 radical (unpaired) electrons. The molecule has 4 nitrogen and oxygen atoms in total. The van der Waals surface area contributed by atoms with Crippen molar-refractivity contribution in [2.45, 2.75) is 26.3 Å². The molecule has 0 saturated heterocycles. The van der Waals surface area contributed by atoms with Gasteiger partial charge in [-0.2, -0.15) is 0 Å². The second kappa shape index (κ2) is 7.01. The zero-order valence-corrected chi connectivity index (χ0v) is 11.4. The third-order valence-corrected chi connectivity index (χ3v) is 2.80. The Morgan fingerprint density at radius 2 is 2.11 bits per heavy atom. The predicted molar refractivity (Wildman–Crippen MR) is 72.1 cm³/mol. The fourth-order valence-electron chi connectivity index (χ4n) is 1.70. The van der Waals surface area contributed by atoms with Crippen LogP contribution in [-0.2, 0) is 9.47 Å². The van der Waals surface area contributed by atoms with Crippen molar-refractivity contribution >= 4 is 11.7 Å². The van der Waals surface area contributed by atoms with E-state index in [1.807, 2.05) is 19.1 Å². The van der Waals surface area contributed by atoms with Crippen molar-refractivity contribution in [1.82, 2.24) is 0 Å². The summed E-state index contributed by atoms with van der Waals surface area (Å²) in [6.45, 7) is 4.80. The van der Waals surface area contributed by atoms with E-state index in [0.29, 0.717) is 11.6 Å². The lowest BCUT2D eigenvalue weighted by atomic mass is 10.1. The topological polar surface area (TPSA) is 47.6 Å². The minimum atomic E-state index is -0.308. The molecule has 1 rings (SSSR count). The second-order valence-electron chi connectivity index (χ2n) is 4.35. The molecule has 0 aliphatic carbocycles. The van der Waals surface area contributed by atoms with Crippen LogP contribution >= 0.6 is 0 Å². The number of benzene rings is 1. The molecule has 0 amide bonds. The Morgan fingerprint density at radius 1 is 1.39 bits per heavy atom. The van der Waals surface area contributed by atoms with Gasteiger partial charge in [0, 0.05) is 25.4 Å². The minimum Gasteiger partial charge on any atom is -0.465 e. The first kappa shape index (κ1) is 14.5. The fraction of sp³-hybridized carbons (Fsp3) is 0.500. The summed E-state index contributed by atoms with van der Waals surface area (Å²) < 4.78 is 9.73. The third-order valence-electron chi connectivity index (χ3n) is 2.80. The van der Waals surface area contributed by atoms with Crippen LogP contribution in [0.25, 0.3) is 0 Å². The van der Waals surface area contributed by atoms with Crippen LogP contribution in [0.15, 0.2) is 18.2 Å². The quantitative estimate of drug-likeness (QED) is 0.789. The van der Waals surface area contributed by atoms with E-state index in [9.17, 15) is 4.79 Å². The minimum absolute atomic E-state index is 0.308. The van der Waals surface area contributed by atoms with E-state index < -0.39 is 0 Å². The number of hydrogen-bond acceptors (Lipinski definition) is 4. The van der Waals surface area contributed by atoms with E-state index >= 15 is 0 Å². The fourth-order valence-corrected chi connectivity index (χ4v) is 1.70. The van der Waals surface area contributed by atoms with Crippen molar-refractivity contribution in [1.29, 1.82) is 0 Å². The highest BCUT2D eigenvalue weighted by atomic mass is 16.5. The van der Waals surface area contributed by atoms with Crippen molar-refractivity contribution in [2.75, 3.05) is 26.1 Å². The summed E-state index contributed by atoms with van der Waals surface area (Å²) >= 11 is 0. The average molecular weight is 251 g/mol. The highest BCUT2D eigenvalue weighted by Gasteiger charge is 2.09. The Morgan fingerprint density at radius 3 is 2.67 bits per heavy atom. The number of nitrogens with one attached hydrogen (secondary N) is 1. The third kappa shape index (κ3) is 4.04. The lowest BCUT2D eigenvalue weighted by Crippen LogP contribution is -2.18. The monoisotopic (exact) mass is 251 g/mol. The molecule has 1 aromatic rings.